The predicted molar refractivity (Wildman–Crippen MR) is 90.0 cm³/mol. The molecule has 0 unspecified atom stereocenters. The second kappa shape index (κ2) is 7.55. The summed E-state index contributed by atoms with van der Waals surface area (Å²) < 4.78 is 11.4. The van der Waals surface area contributed by atoms with E-state index >= 15 is 0 Å². The largest absolute Gasteiger partial charge is 0.469 e. The molecule has 7 heteroatoms. The van der Waals surface area contributed by atoms with Gasteiger partial charge in [0.15, 0.2) is 0 Å². The van der Waals surface area contributed by atoms with E-state index in [-0.39, 0.29) is 17.9 Å². The molecule has 0 radical (unpaired) electrons. The van der Waals surface area contributed by atoms with Crippen molar-refractivity contribution in [1.29, 1.82) is 0 Å². The van der Waals surface area contributed by atoms with Gasteiger partial charge in [0.1, 0.15) is 5.65 Å². The number of methoxy groups -OCH3 is 2. The zero-order valence-electron chi connectivity index (χ0n) is 14.5. The van der Waals surface area contributed by atoms with Gasteiger partial charge in [0, 0.05) is 31.5 Å². The van der Waals surface area contributed by atoms with Crippen LogP contribution in [0.15, 0.2) is 29.2 Å². The van der Waals surface area contributed by atoms with Crippen molar-refractivity contribution in [2.75, 3.05) is 20.8 Å². The number of hydrogen-bond acceptors (Lipinski definition) is 6. The predicted octanol–water partition coefficient (Wildman–Crippen LogP) is 1.06. The number of aromatic nitrogens is 2. The van der Waals surface area contributed by atoms with E-state index in [0.717, 1.165) is 5.56 Å². The number of fused-ring (bicyclic) bond motifs is 1. The molecule has 2 aromatic heterocycles. The molecule has 0 aliphatic carbocycles. The van der Waals surface area contributed by atoms with Crippen molar-refractivity contribution in [2.24, 2.45) is 0 Å². The highest BCUT2D eigenvalue weighted by molar-refractivity contribution is 5.70. The van der Waals surface area contributed by atoms with Crippen LogP contribution in [0.5, 0.6) is 0 Å². The third-order valence-electron chi connectivity index (χ3n) is 3.86. The van der Waals surface area contributed by atoms with E-state index in [1.54, 1.807) is 13.3 Å². The molecule has 2 aromatic rings. The van der Waals surface area contributed by atoms with Crippen molar-refractivity contribution >= 4 is 11.6 Å². The summed E-state index contributed by atoms with van der Waals surface area (Å²) in [5.74, 6) is -0.329. The summed E-state index contributed by atoms with van der Waals surface area (Å²) in [7, 11) is 2.92. The summed E-state index contributed by atoms with van der Waals surface area (Å²) in [5.41, 5.74) is 1.41. The summed E-state index contributed by atoms with van der Waals surface area (Å²) in [6.45, 7) is 4.45. The number of pyridine rings is 1. The molecule has 0 bridgehead atoms. The van der Waals surface area contributed by atoms with Crippen LogP contribution >= 0.6 is 0 Å². The van der Waals surface area contributed by atoms with Gasteiger partial charge in [0.25, 0.3) is 5.56 Å². The molecule has 0 fully saturated rings. The lowest BCUT2D eigenvalue weighted by atomic mass is 9.99. The van der Waals surface area contributed by atoms with Gasteiger partial charge in [-0.2, -0.15) is 0 Å². The Hall–Kier alpha value is -2.25. The van der Waals surface area contributed by atoms with Gasteiger partial charge >= 0.3 is 5.97 Å². The molecule has 1 atom stereocenters. The van der Waals surface area contributed by atoms with Crippen LogP contribution in [0.3, 0.4) is 0 Å². The molecule has 0 spiro atoms. The first kappa shape index (κ1) is 18.1. The molecule has 1 N–H and O–H groups in total. The van der Waals surface area contributed by atoms with Crippen LogP contribution < -0.4 is 10.9 Å². The highest BCUT2D eigenvalue weighted by atomic mass is 16.5. The van der Waals surface area contributed by atoms with E-state index in [0.29, 0.717) is 24.5 Å². The van der Waals surface area contributed by atoms with Gasteiger partial charge in [0.2, 0.25) is 0 Å². The van der Waals surface area contributed by atoms with Crippen molar-refractivity contribution in [3.05, 3.63) is 46.0 Å². The molecular formula is C17H23N3O4. The number of nitrogens with zero attached hydrogens (tertiary/aromatic N) is 2. The molecule has 0 saturated heterocycles. The Morgan fingerprint density at radius 1 is 1.42 bits per heavy atom. The fourth-order valence-corrected chi connectivity index (χ4v) is 2.58. The van der Waals surface area contributed by atoms with E-state index in [9.17, 15) is 9.59 Å². The number of carbonyl (C=O) groups is 1. The molecule has 0 amide bonds. The van der Waals surface area contributed by atoms with Crippen LogP contribution in [0.2, 0.25) is 0 Å². The van der Waals surface area contributed by atoms with Crippen LogP contribution in [-0.2, 0) is 20.8 Å². The van der Waals surface area contributed by atoms with E-state index < -0.39 is 5.54 Å². The zero-order valence-corrected chi connectivity index (χ0v) is 14.5. The Morgan fingerprint density at radius 3 is 2.83 bits per heavy atom. The summed E-state index contributed by atoms with van der Waals surface area (Å²) in [6, 6.07) is 5.21. The summed E-state index contributed by atoms with van der Waals surface area (Å²) in [4.78, 5) is 28.4. The van der Waals surface area contributed by atoms with Crippen molar-refractivity contribution in [3.63, 3.8) is 0 Å². The van der Waals surface area contributed by atoms with Crippen molar-refractivity contribution in [1.82, 2.24) is 14.7 Å². The van der Waals surface area contributed by atoms with E-state index in [4.69, 9.17) is 9.47 Å². The van der Waals surface area contributed by atoms with Gasteiger partial charge in [0.05, 0.1) is 25.8 Å². The van der Waals surface area contributed by atoms with Gasteiger partial charge in [-0.05, 0) is 25.5 Å². The standard InChI is InChI=1S/C17H23N3O4/c1-12-6-5-7-20-14(21)8-13(19-16(12)20)10-18-17(2,11-23-3)9-15(22)24-4/h5-8,18H,9-11H2,1-4H3/t17-/m0/s1. The van der Waals surface area contributed by atoms with E-state index in [2.05, 4.69) is 10.3 Å². The first-order chi connectivity index (χ1) is 11.4. The van der Waals surface area contributed by atoms with Crippen LogP contribution in [0.1, 0.15) is 24.6 Å². The van der Waals surface area contributed by atoms with Gasteiger partial charge in [-0.1, -0.05) is 6.07 Å². The molecule has 130 valence electrons. The number of carbonyl (C=O) groups excluding carboxylic acids is 1. The van der Waals surface area contributed by atoms with Crippen LogP contribution in [0.25, 0.3) is 5.65 Å². The van der Waals surface area contributed by atoms with E-state index in [1.165, 1.54) is 17.6 Å². The topological polar surface area (TPSA) is 81.9 Å². The maximum atomic E-state index is 12.2. The fourth-order valence-electron chi connectivity index (χ4n) is 2.58. The first-order valence-corrected chi connectivity index (χ1v) is 7.67. The Labute approximate surface area is 140 Å². The van der Waals surface area contributed by atoms with Crippen molar-refractivity contribution < 1.29 is 14.3 Å². The zero-order chi connectivity index (χ0) is 17.7. The third-order valence-corrected chi connectivity index (χ3v) is 3.86. The molecule has 2 rings (SSSR count). The first-order valence-electron chi connectivity index (χ1n) is 7.67. The Balaban J connectivity index is 2.23. The molecule has 0 aliphatic heterocycles. The Morgan fingerprint density at radius 2 is 2.17 bits per heavy atom. The van der Waals surface area contributed by atoms with Crippen LogP contribution in [0.4, 0.5) is 0 Å². The van der Waals surface area contributed by atoms with Crippen LogP contribution in [-0.4, -0.2) is 41.7 Å². The number of esters is 1. The van der Waals surface area contributed by atoms with Gasteiger partial charge in [-0.15, -0.1) is 0 Å². The fraction of sp³-hybridized carbons (Fsp3) is 0.471. The number of nitrogens with one attached hydrogen (secondary N) is 1. The SMILES string of the molecule is COC[C@](C)(CC(=O)OC)NCc1cc(=O)n2cccc(C)c2n1. The second-order valence-corrected chi connectivity index (χ2v) is 6.07. The molecule has 2 heterocycles. The second-order valence-electron chi connectivity index (χ2n) is 6.07. The molecule has 0 aromatic carbocycles. The average molecular weight is 333 g/mol. The average Bonchev–Trinajstić information content (AvgIpc) is 2.54. The normalized spacial score (nSPS) is 13.7. The third kappa shape index (κ3) is 4.18. The smallest absolute Gasteiger partial charge is 0.307 e. The quantitative estimate of drug-likeness (QED) is 0.763. The minimum Gasteiger partial charge on any atom is -0.469 e. The van der Waals surface area contributed by atoms with Gasteiger partial charge < -0.3 is 14.8 Å². The van der Waals surface area contributed by atoms with Gasteiger partial charge in [-0.25, -0.2) is 4.98 Å². The highest BCUT2D eigenvalue weighted by Gasteiger charge is 2.28. The number of hydrogen-bond donors (Lipinski definition) is 1. The molecule has 0 aliphatic rings. The maximum Gasteiger partial charge on any atom is 0.307 e. The van der Waals surface area contributed by atoms with Crippen molar-refractivity contribution in [3.8, 4) is 0 Å². The Kier molecular flexibility index (Phi) is 5.69. The van der Waals surface area contributed by atoms with Crippen LogP contribution in [0, 0.1) is 6.92 Å². The highest BCUT2D eigenvalue weighted by Crippen LogP contribution is 2.13. The summed E-state index contributed by atoms with van der Waals surface area (Å²) in [5, 5.41) is 3.25. The minimum atomic E-state index is -0.611. The molecular weight excluding hydrogens is 310 g/mol. The lowest BCUT2D eigenvalue weighted by Crippen LogP contribution is -2.47. The summed E-state index contributed by atoms with van der Waals surface area (Å²) >= 11 is 0. The number of aryl methyl sites for hydroxylation is 1. The van der Waals surface area contributed by atoms with E-state index in [1.807, 2.05) is 26.0 Å². The lowest BCUT2D eigenvalue weighted by Gasteiger charge is -2.29. The Bertz CT molecular complexity index is 787. The number of rotatable bonds is 7. The van der Waals surface area contributed by atoms with Crippen molar-refractivity contribution in [2.45, 2.75) is 32.4 Å². The summed E-state index contributed by atoms with van der Waals surface area (Å²) in [6.07, 6.45) is 1.85. The van der Waals surface area contributed by atoms with Gasteiger partial charge in [-0.3, -0.25) is 14.0 Å². The molecule has 7 nitrogen and oxygen atoms in total. The minimum absolute atomic E-state index is 0.137. The lowest BCUT2D eigenvalue weighted by molar-refractivity contribution is -0.142. The molecule has 0 saturated carbocycles. The monoisotopic (exact) mass is 333 g/mol. The number of ether oxygens (including phenoxy) is 2. The molecule has 24 heavy (non-hydrogen) atoms. The maximum absolute atomic E-state index is 12.2.